The number of allylic oxidation sites excluding steroid dienone is 1. The van der Waals surface area contributed by atoms with Gasteiger partial charge in [0.2, 0.25) is 0 Å². The van der Waals surface area contributed by atoms with Crippen LogP contribution in [0.25, 0.3) is 0 Å². The number of fused-ring (bicyclic) bond motifs is 1. The number of aliphatic imine (C=N–C) groups is 1. The quantitative estimate of drug-likeness (QED) is 0.447. The summed E-state index contributed by atoms with van der Waals surface area (Å²) in [7, 11) is 0. The summed E-state index contributed by atoms with van der Waals surface area (Å²) >= 11 is 0. The Hall–Kier alpha value is -3.55. The highest BCUT2D eigenvalue weighted by atomic mass is 19.1. The van der Waals surface area contributed by atoms with Crippen LogP contribution in [-0.2, 0) is 30.6 Å². The lowest BCUT2D eigenvalue weighted by atomic mass is 9.95. The number of urea groups is 1. The molecule has 2 aliphatic rings. The molecule has 0 bridgehead atoms. The number of nitrogens with one attached hydrogen (secondary N) is 1. The van der Waals surface area contributed by atoms with E-state index in [1.54, 1.807) is 17.2 Å². The van der Waals surface area contributed by atoms with Crippen molar-refractivity contribution < 1.29 is 20.1 Å². The van der Waals surface area contributed by atoms with E-state index in [-0.39, 0.29) is 25.8 Å². The topological polar surface area (TPSA) is 83.9 Å². The number of amides is 2. The van der Waals surface area contributed by atoms with Gasteiger partial charge < -0.3 is 4.74 Å². The fourth-order valence-electron chi connectivity index (χ4n) is 5.28. The van der Waals surface area contributed by atoms with Crippen molar-refractivity contribution in [3.8, 4) is 0 Å². The fraction of sp³-hybridized carbons (Fsp3) is 0.467. The number of benzene rings is 1. The normalized spacial score (nSPS) is 17.2. The first kappa shape index (κ1) is 27.5. The van der Waals surface area contributed by atoms with Crippen molar-refractivity contribution in [1.29, 1.82) is 0 Å². The molecule has 1 aromatic heterocycles. The number of aromatic nitrogens is 1. The van der Waals surface area contributed by atoms with Crippen LogP contribution in [0.15, 0.2) is 29.1 Å². The van der Waals surface area contributed by atoms with E-state index in [1.807, 2.05) is 26.8 Å². The zero-order chi connectivity index (χ0) is 27.4. The number of aldehydes is 1. The highest BCUT2D eigenvalue weighted by molar-refractivity contribution is 6.05. The molecule has 2 amide bonds. The van der Waals surface area contributed by atoms with Crippen LogP contribution in [0, 0.1) is 25.6 Å². The van der Waals surface area contributed by atoms with Gasteiger partial charge in [0.15, 0.2) is 6.29 Å². The first-order valence-corrected chi connectivity index (χ1v) is 13.5. The molecule has 7 nitrogen and oxygen atoms in total. The number of aryl methyl sites for hydroxylation is 3. The SMILES string of the molecule is CCc1cc(CC)c(F)c(COC2=CN=C(NC(=O)N3CCCc4c(C)cc(C=O)nc43)CC(C)C2)c1C.[HH]. The molecule has 0 spiro atoms. The fourth-order valence-corrected chi connectivity index (χ4v) is 5.28. The molecular formula is C30H39FN4O3. The number of carbonyl (C=O) groups excluding carboxylic acids is 2. The van der Waals surface area contributed by atoms with Crippen LogP contribution >= 0.6 is 0 Å². The predicted octanol–water partition coefficient (Wildman–Crippen LogP) is 6.37. The Morgan fingerprint density at radius 1 is 1.24 bits per heavy atom. The molecule has 38 heavy (non-hydrogen) atoms. The van der Waals surface area contributed by atoms with Crippen molar-refractivity contribution in [3.63, 3.8) is 0 Å². The second-order valence-corrected chi connectivity index (χ2v) is 10.3. The number of pyridine rings is 1. The third kappa shape index (κ3) is 5.79. The maximum atomic E-state index is 15.1. The number of amidine groups is 1. The standard InChI is InChI=1S/C30H37FN4O3.H2/c1-6-21-14-22(7-2)28(31)26(20(21)5)17-38-24-11-18(3)12-27(32-15-24)34-30(37)35-10-8-9-25-19(4)13-23(16-36)33-29(25)35;/h13-16,18H,6-12,17H2,1-5H3,(H,32,34,37);1H. The lowest BCUT2D eigenvalue weighted by Crippen LogP contribution is -2.46. The van der Waals surface area contributed by atoms with E-state index in [2.05, 4.69) is 29.1 Å². The minimum atomic E-state index is -0.314. The Morgan fingerprint density at radius 3 is 2.71 bits per heavy atom. The van der Waals surface area contributed by atoms with Gasteiger partial charge in [0.05, 0.1) is 6.20 Å². The molecule has 204 valence electrons. The molecule has 4 rings (SSSR count). The monoisotopic (exact) mass is 522 g/mol. The molecule has 3 heterocycles. The van der Waals surface area contributed by atoms with Crippen LogP contribution < -0.4 is 10.2 Å². The number of carbonyl (C=O) groups is 2. The molecule has 1 atom stereocenters. The summed E-state index contributed by atoms with van der Waals surface area (Å²) in [5.74, 6) is 1.72. The van der Waals surface area contributed by atoms with E-state index in [0.717, 1.165) is 41.5 Å². The zero-order valence-corrected chi connectivity index (χ0v) is 23.0. The minimum absolute atomic E-state index is 0. The highest BCUT2D eigenvalue weighted by Gasteiger charge is 2.27. The van der Waals surface area contributed by atoms with Crippen molar-refractivity contribution >= 4 is 24.0 Å². The minimum Gasteiger partial charge on any atom is -0.492 e. The third-order valence-corrected chi connectivity index (χ3v) is 7.48. The summed E-state index contributed by atoms with van der Waals surface area (Å²) in [6.07, 6.45) is 6.64. The summed E-state index contributed by atoms with van der Waals surface area (Å²) in [6.45, 7) is 10.6. The van der Waals surface area contributed by atoms with Gasteiger partial charge in [-0.05, 0) is 79.3 Å². The zero-order valence-electron chi connectivity index (χ0n) is 23.0. The molecule has 1 N–H and O–H groups in total. The Bertz CT molecular complexity index is 1280. The number of rotatable bonds is 6. The second-order valence-electron chi connectivity index (χ2n) is 10.3. The van der Waals surface area contributed by atoms with E-state index in [9.17, 15) is 9.59 Å². The van der Waals surface area contributed by atoms with Gasteiger partial charge in [-0.15, -0.1) is 0 Å². The van der Waals surface area contributed by atoms with Crippen molar-refractivity contribution in [3.05, 3.63) is 69.0 Å². The van der Waals surface area contributed by atoms with Crippen molar-refractivity contribution in [2.45, 2.75) is 79.8 Å². The van der Waals surface area contributed by atoms with E-state index < -0.39 is 0 Å². The number of nitrogens with zero attached hydrogens (tertiary/aromatic N) is 3. The molecular weight excluding hydrogens is 483 g/mol. The lowest BCUT2D eigenvalue weighted by Gasteiger charge is -2.29. The average molecular weight is 523 g/mol. The smallest absolute Gasteiger partial charge is 0.328 e. The number of hydrogen-bond donors (Lipinski definition) is 1. The third-order valence-electron chi connectivity index (χ3n) is 7.48. The summed E-state index contributed by atoms with van der Waals surface area (Å²) in [5, 5.41) is 2.95. The number of halogens is 1. The van der Waals surface area contributed by atoms with Crippen LogP contribution in [0.2, 0.25) is 0 Å². The first-order valence-electron chi connectivity index (χ1n) is 13.5. The van der Waals surface area contributed by atoms with Crippen LogP contribution in [0.3, 0.4) is 0 Å². The van der Waals surface area contributed by atoms with Gasteiger partial charge in [0, 0.05) is 26.4 Å². The van der Waals surface area contributed by atoms with E-state index in [0.29, 0.717) is 66.3 Å². The maximum Gasteiger partial charge on any atom is 0.328 e. The van der Waals surface area contributed by atoms with Crippen LogP contribution in [-0.4, -0.2) is 29.7 Å². The highest BCUT2D eigenvalue weighted by Crippen LogP contribution is 2.29. The largest absolute Gasteiger partial charge is 0.492 e. The molecule has 0 radical (unpaired) electrons. The Kier molecular flexibility index (Phi) is 8.59. The number of hydrogen-bond acceptors (Lipinski definition) is 5. The summed E-state index contributed by atoms with van der Waals surface area (Å²) < 4.78 is 21.2. The summed E-state index contributed by atoms with van der Waals surface area (Å²) in [4.78, 5) is 35.1. The average Bonchev–Trinajstić information content (AvgIpc) is 3.08. The molecule has 8 heteroatoms. The molecule has 1 aromatic carbocycles. The van der Waals surface area contributed by atoms with E-state index in [1.165, 1.54) is 0 Å². The van der Waals surface area contributed by atoms with E-state index in [4.69, 9.17) is 4.74 Å². The Balaban J connectivity index is 0.00000420. The van der Waals surface area contributed by atoms with Crippen LogP contribution in [0.1, 0.15) is 85.3 Å². The predicted molar refractivity (Wildman–Crippen MR) is 149 cm³/mol. The molecule has 0 fully saturated rings. The van der Waals surface area contributed by atoms with Gasteiger partial charge in [-0.25, -0.2) is 19.2 Å². The molecule has 0 aliphatic carbocycles. The van der Waals surface area contributed by atoms with Gasteiger partial charge in [-0.1, -0.05) is 26.8 Å². The molecule has 2 aliphatic heterocycles. The summed E-state index contributed by atoms with van der Waals surface area (Å²) in [6, 6.07) is 3.40. The Morgan fingerprint density at radius 2 is 2.00 bits per heavy atom. The van der Waals surface area contributed by atoms with Gasteiger partial charge >= 0.3 is 6.03 Å². The van der Waals surface area contributed by atoms with Crippen molar-refractivity contribution in [2.75, 3.05) is 11.4 Å². The maximum absolute atomic E-state index is 15.1. The van der Waals surface area contributed by atoms with Crippen LogP contribution in [0.5, 0.6) is 0 Å². The van der Waals surface area contributed by atoms with Gasteiger partial charge in [-0.2, -0.15) is 0 Å². The van der Waals surface area contributed by atoms with Gasteiger partial charge in [-0.3, -0.25) is 15.0 Å². The number of anilines is 1. The van der Waals surface area contributed by atoms with Crippen LogP contribution in [0.4, 0.5) is 15.0 Å². The molecule has 0 saturated heterocycles. The molecule has 1 unspecified atom stereocenters. The van der Waals surface area contributed by atoms with Crippen molar-refractivity contribution in [1.82, 2.24) is 10.3 Å². The van der Waals surface area contributed by atoms with Crippen molar-refractivity contribution in [2.24, 2.45) is 10.9 Å². The Labute approximate surface area is 225 Å². The summed E-state index contributed by atoms with van der Waals surface area (Å²) in [5.41, 5.74) is 5.64. The first-order chi connectivity index (χ1) is 18.2. The molecule has 2 aromatic rings. The van der Waals surface area contributed by atoms with Gasteiger partial charge in [0.25, 0.3) is 0 Å². The molecule has 0 saturated carbocycles. The lowest BCUT2D eigenvalue weighted by molar-refractivity contribution is 0.111. The van der Waals surface area contributed by atoms with Gasteiger partial charge in [0.1, 0.15) is 35.5 Å². The van der Waals surface area contributed by atoms with E-state index >= 15 is 4.39 Å². The number of ether oxygens (including phenoxy) is 1. The second kappa shape index (κ2) is 11.9.